The number of hydrogen-bond acceptors (Lipinski definition) is 8. The summed E-state index contributed by atoms with van der Waals surface area (Å²) in [7, 11) is 0. The molecule has 0 saturated carbocycles. The molecule has 10 heteroatoms. The van der Waals surface area contributed by atoms with Gasteiger partial charge in [-0.1, -0.05) is 34.1 Å². The lowest BCUT2D eigenvalue weighted by Gasteiger charge is -2.14. The minimum Gasteiger partial charge on any atom is -0.378 e. The van der Waals surface area contributed by atoms with E-state index in [-0.39, 0.29) is 25.0 Å². The van der Waals surface area contributed by atoms with Crippen LogP contribution in [0.2, 0.25) is 0 Å². The molecule has 9 nitrogen and oxygen atoms in total. The molecule has 0 bridgehead atoms. The van der Waals surface area contributed by atoms with Crippen LogP contribution in [0.15, 0.2) is 0 Å². The van der Waals surface area contributed by atoms with Crippen LogP contribution in [0.1, 0.15) is 40.5 Å². The molecule has 2 N–H and O–H groups in total. The van der Waals surface area contributed by atoms with Crippen molar-refractivity contribution in [3.8, 4) is 0 Å². The zero-order valence-electron chi connectivity index (χ0n) is 21.8. The first kappa shape index (κ1) is 33.1. The summed E-state index contributed by atoms with van der Waals surface area (Å²) in [5, 5.41) is 5.90. The van der Waals surface area contributed by atoms with Gasteiger partial charge in [-0.25, -0.2) is 4.39 Å². The summed E-state index contributed by atoms with van der Waals surface area (Å²) in [5.41, 5.74) is 0. The van der Waals surface area contributed by atoms with Crippen molar-refractivity contribution >= 4 is 5.91 Å². The van der Waals surface area contributed by atoms with Gasteiger partial charge in [0.1, 0.15) is 6.17 Å². The second kappa shape index (κ2) is 25.2. The van der Waals surface area contributed by atoms with E-state index in [1.54, 1.807) is 0 Å². The van der Waals surface area contributed by atoms with Gasteiger partial charge >= 0.3 is 0 Å². The molecule has 0 radical (unpaired) electrons. The summed E-state index contributed by atoms with van der Waals surface area (Å²) >= 11 is 0. The predicted octanol–water partition coefficient (Wildman–Crippen LogP) is 1.97. The van der Waals surface area contributed by atoms with Crippen LogP contribution < -0.4 is 10.6 Å². The standard InChI is InChI=1S/C24H49FN2O7/c1-5-6-22(4)24(28)27-19-23(25)20-34-18-17-33-16-15-32-14-13-31-12-11-30-10-9-29-8-7-26-21(2)3/h21-23,26H,5-20H2,1-4H3,(H,27,28). The lowest BCUT2D eigenvalue weighted by molar-refractivity contribution is -0.125. The van der Waals surface area contributed by atoms with E-state index in [0.29, 0.717) is 78.7 Å². The van der Waals surface area contributed by atoms with Gasteiger partial charge in [0, 0.05) is 18.5 Å². The number of nitrogens with one attached hydrogen (secondary N) is 2. The number of halogens is 1. The Bertz CT molecular complexity index is 448. The van der Waals surface area contributed by atoms with Crippen molar-refractivity contribution in [2.24, 2.45) is 5.92 Å². The molecule has 0 heterocycles. The molecule has 0 fully saturated rings. The van der Waals surface area contributed by atoms with Gasteiger partial charge < -0.3 is 39.1 Å². The molecule has 0 aliphatic carbocycles. The SMILES string of the molecule is CCCC(C)C(=O)NCC(F)COCCOCCOCCOCCOCCOCCNC(C)C. The average Bonchev–Trinajstić information content (AvgIpc) is 2.81. The van der Waals surface area contributed by atoms with Crippen molar-refractivity contribution in [1.82, 2.24) is 10.6 Å². The number of carbonyl (C=O) groups excluding carboxylic acids is 1. The van der Waals surface area contributed by atoms with Gasteiger partial charge in [-0.3, -0.25) is 4.79 Å². The minimum absolute atomic E-state index is 0.0271. The van der Waals surface area contributed by atoms with Gasteiger partial charge in [-0.15, -0.1) is 0 Å². The average molecular weight is 497 g/mol. The van der Waals surface area contributed by atoms with Gasteiger partial charge in [0.25, 0.3) is 0 Å². The first-order chi connectivity index (χ1) is 16.5. The third-order valence-corrected chi connectivity index (χ3v) is 4.62. The Labute approximate surface area is 205 Å². The Balaban J connectivity index is 3.22. The van der Waals surface area contributed by atoms with Crippen molar-refractivity contribution in [3.05, 3.63) is 0 Å². The van der Waals surface area contributed by atoms with Crippen LogP contribution in [0.3, 0.4) is 0 Å². The summed E-state index contributed by atoms with van der Waals surface area (Å²) in [6, 6.07) is 0.474. The van der Waals surface area contributed by atoms with Crippen molar-refractivity contribution in [2.45, 2.75) is 52.8 Å². The number of ether oxygens (including phenoxy) is 6. The highest BCUT2D eigenvalue weighted by molar-refractivity contribution is 5.78. The predicted molar refractivity (Wildman–Crippen MR) is 130 cm³/mol. The molecule has 0 aromatic heterocycles. The molecule has 0 aromatic carbocycles. The largest absolute Gasteiger partial charge is 0.378 e. The molecular weight excluding hydrogens is 447 g/mol. The summed E-state index contributed by atoms with van der Waals surface area (Å²) in [5.74, 6) is -0.204. The summed E-state index contributed by atoms with van der Waals surface area (Å²) in [4.78, 5) is 11.7. The third-order valence-electron chi connectivity index (χ3n) is 4.62. The molecule has 0 aromatic rings. The molecule has 0 spiro atoms. The molecule has 204 valence electrons. The van der Waals surface area contributed by atoms with Crippen molar-refractivity contribution in [1.29, 1.82) is 0 Å². The number of alkyl halides is 1. The van der Waals surface area contributed by atoms with Gasteiger partial charge in [-0.05, 0) is 6.42 Å². The van der Waals surface area contributed by atoms with E-state index in [2.05, 4.69) is 24.5 Å². The second-order valence-corrected chi connectivity index (χ2v) is 8.28. The molecule has 2 atom stereocenters. The van der Waals surface area contributed by atoms with Crippen LogP contribution in [-0.2, 0) is 33.2 Å². The molecular formula is C24H49FN2O7. The van der Waals surface area contributed by atoms with E-state index in [1.807, 2.05) is 13.8 Å². The van der Waals surface area contributed by atoms with E-state index in [0.717, 1.165) is 19.4 Å². The first-order valence-corrected chi connectivity index (χ1v) is 12.6. The molecule has 0 aliphatic heterocycles. The first-order valence-electron chi connectivity index (χ1n) is 12.6. The lowest BCUT2D eigenvalue weighted by atomic mass is 10.1. The highest BCUT2D eigenvalue weighted by Gasteiger charge is 2.14. The fourth-order valence-electron chi connectivity index (χ4n) is 2.74. The molecule has 0 saturated heterocycles. The highest BCUT2D eigenvalue weighted by atomic mass is 19.1. The van der Waals surface area contributed by atoms with Gasteiger partial charge in [0.05, 0.1) is 85.8 Å². The second-order valence-electron chi connectivity index (χ2n) is 8.28. The van der Waals surface area contributed by atoms with Crippen LogP contribution >= 0.6 is 0 Å². The summed E-state index contributed by atoms with van der Waals surface area (Å²) in [6.07, 6.45) is 0.506. The topological polar surface area (TPSA) is 96.5 Å². The van der Waals surface area contributed by atoms with Crippen LogP contribution in [0.5, 0.6) is 0 Å². The normalized spacial score (nSPS) is 13.4. The van der Waals surface area contributed by atoms with E-state index < -0.39 is 6.17 Å². The smallest absolute Gasteiger partial charge is 0.222 e. The molecule has 0 aliphatic rings. The fourth-order valence-corrected chi connectivity index (χ4v) is 2.74. The zero-order chi connectivity index (χ0) is 25.3. The van der Waals surface area contributed by atoms with Crippen LogP contribution in [0.25, 0.3) is 0 Å². The highest BCUT2D eigenvalue weighted by Crippen LogP contribution is 2.04. The number of carbonyl (C=O) groups is 1. The van der Waals surface area contributed by atoms with Crippen molar-refractivity contribution < 1.29 is 37.6 Å². The minimum atomic E-state index is -1.23. The van der Waals surface area contributed by atoms with Gasteiger partial charge in [0.2, 0.25) is 5.91 Å². The van der Waals surface area contributed by atoms with Crippen LogP contribution in [0, 0.1) is 5.92 Å². The number of rotatable bonds is 26. The Morgan fingerprint density at radius 3 is 1.62 bits per heavy atom. The van der Waals surface area contributed by atoms with Gasteiger partial charge in [-0.2, -0.15) is 0 Å². The monoisotopic (exact) mass is 496 g/mol. The Morgan fingerprint density at radius 1 is 0.735 bits per heavy atom. The number of hydrogen-bond donors (Lipinski definition) is 2. The quantitative estimate of drug-likeness (QED) is 0.176. The van der Waals surface area contributed by atoms with Gasteiger partial charge in [0.15, 0.2) is 0 Å². The molecule has 2 unspecified atom stereocenters. The fraction of sp³-hybridized carbons (Fsp3) is 0.958. The Kier molecular flexibility index (Phi) is 24.6. The summed E-state index contributed by atoms with van der Waals surface area (Å²) in [6.45, 7) is 14.2. The molecule has 34 heavy (non-hydrogen) atoms. The van der Waals surface area contributed by atoms with Crippen molar-refractivity contribution in [3.63, 3.8) is 0 Å². The van der Waals surface area contributed by atoms with E-state index >= 15 is 0 Å². The maximum Gasteiger partial charge on any atom is 0.222 e. The van der Waals surface area contributed by atoms with E-state index in [4.69, 9.17) is 28.4 Å². The third kappa shape index (κ3) is 24.3. The lowest BCUT2D eigenvalue weighted by Crippen LogP contribution is -2.35. The Morgan fingerprint density at radius 2 is 1.18 bits per heavy atom. The van der Waals surface area contributed by atoms with E-state index in [9.17, 15) is 9.18 Å². The van der Waals surface area contributed by atoms with E-state index in [1.165, 1.54) is 0 Å². The molecule has 1 amide bonds. The van der Waals surface area contributed by atoms with Crippen molar-refractivity contribution in [2.75, 3.05) is 92.4 Å². The maximum atomic E-state index is 13.7. The van der Waals surface area contributed by atoms with Crippen LogP contribution in [0.4, 0.5) is 4.39 Å². The zero-order valence-corrected chi connectivity index (χ0v) is 21.8. The maximum absolute atomic E-state index is 13.7. The Hall–Kier alpha value is -0.880. The summed E-state index contributed by atoms with van der Waals surface area (Å²) < 4.78 is 46.0. The van der Waals surface area contributed by atoms with Crippen LogP contribution in [-0.4, -0.2) is 110 Å². The number of amides is 1. The molecule has 0 rings (SSSR count).